The third-order valence-corrected chi connectivity index (χ3v) is 2.61. The number of aromatic nitrogens is 1. The van der Waals surface area contributed by atoms with Crippen LogP contribution in [0.5, 0.6) is 0 Å². The lowest BCUT2D eigenvalue weighted by atomic mass is 10.3. The lowest BCUT2D eigenvalue weighted by Crippen LogP contribution is -2.07. The van der Waals surface area contributed by atoms with Gasteiger partial charge in [0.05, 0.1) is 12.2 Å². The zero-order chi connectivity index (χ0) is 11.5. The Bertz CT molecular complexity index is 467. The first-order valence-corrected chi connectivity index (χ1v) is 6.17. The van der Waals surface area contributed by atoms with Crippen molar-refractivity contribution in [3.8, 4) is 0 Å². The van der Waals surface area contributed by atoms with Gasteiger partial charge in [-0.3, -0.25) is 0 Å². The summed E-state index contributed by atoms with van der Waals surface area (Å²) < 4.78 is 27.0. The van der Waals surface area contributed by atoms with Crippen molar-refractivity contribution in [1.82, 2.24) is 4.98 Å². The standard InChI is InChI=1S/C9H11NO4S/c1-3-14-9(11)7-4-5-10-8(6-7)15(2,12)13/h4-6H,3H2,1-2H3. The smallest absolute Gasteiger partial charge is 0.338 e. The van der Waals surface area contributed by atoms with Gasteiger partial charge in [0.2, 0.25) is 0 Å². The van der Waals surface area contributed by atoms with E-state index in [0.29, 0.717) is 0 Å². The Hall–Kier alpha value is -1.43. The maximum Gasteiger partial charge on any atom is 0.338 e. The van der Waals surface area contributed by atoms with Gasteiger partial charge in [0.25, 0.3) is 0 Å². The second-order valence-corrected chi connectivity index (χ2v) is 4.84. The first-order valence-electron chi connectivity index (χ1n) is 4.28. The van der Waals surface area contributed by atoms with Crippen LogP contribution in [0.2, 0.25) is 0 Å². The van der Waals surface area contributed by atoms with Crippen molar-refractivity contribution >= 4 is 15.8 Å². The fourth-order valence-corrected chi connectivity index (χ4v) is 1.55. The predicted octanol–water partition coefficient (Wildman–Crippen LogP) is 0.662. The van der Waals surface area contributed by atoms with Crippen LogP contribution in [0.15, 0.2) is 23.4 Å². The van der Waals surface area contributed by atoms with Gasteiger partial charge >= 0.3 is 5.97 Å². The molecule has 15 heavy (non-hydrogen) atoms. The summed E-state index contributed by atoms with van der Waals surface area (Å²) in [4.78, 5) is 14.9. The summed E-state index contributed by atoms with van der Waals surface area (Å²) in [5, 5.41) is -0.131. The quantitative estimate of drug-likeness (QED) is 0.712. The Morgan fingerprint density at radius 2 is 2.20 bits per heavy atom. The first kappa shape index (κ1) is 11.6. The van der Waals surface area contributed by atoms with E-state index in [1.54, 1.807) is 6.92 Å². The van der Waals surface area contributed by atoms with Gasteiger partial charge in [-0.1, -0.05) is 0 Å². The SMILES string of the molecule is CCOC(=O)c1ccnc(S(C)(=O)=O)c1. The molecule has 0 radical (unpaired) electrons. The van der Waals surface area contributed by atoms with Gasteiger partial charge in [-0.25, -0.2) is 18.2 Å². The fourth-order valence-electron chi connectivity index (χ4n) is 0.954. The number of ether oxygens (including phenoxy) is 1. The van der Waals surface area contributed by atoms with Gasteiger partial charge in [0.1, 0.15) is 0 Å². The number of rotatable bonds is 3. The van der Waals surface area contributed by atoms with Crippen molar-refractivity contribution < 1.29 is 17.9 Å². The third kappa shape index (κ3) is 3.02. The van der Waals surface area contributed by atoms with Crippen molar-refractivity contribution in [3.05, 3.63) is 23.9 Å². The molecule has 1 rings (SSSR count). The van der Waals surface area contributed by atoms with Gasteiger partial charge in [-0.15, -0.1) is 0 Å². The molecule has 0 N–H and O–H groups in total. The molecule has 0 atom stereocenters. The Kier molecular flexibility index (Phi) is 3.41. The first-order chi connectivity index (χ1) is 6.95. The summed E-state index contributed by atoms with van der Waals surface area (Å²) in [6.07, 6.45) is 2.30. The summed E-state index contributed by atoms with van der Waals surface area (Å²) in [5.41, 5.74) is 0.187. The summed E-state index contributed by atoms with van der Waals surface area (Å²) in [5.74, 6) is -0.551. The van der Waals surface area contributed by atoms with Crippen LogP contribution >= 0.6 is 0 Å². The lowest BCUT2D eigenvalue weighted by Gasteiger charge is -2.02. The average Bonchev–Trinajstić information content (AvgIpc) is 2.17. The van der Waals surface area contributed by atoms with Gasteiger partial charge in [0, 0.05) is 12.5 Å². The summed E-state index contributed by atoms with van der Waals surface area (Å²) >= 11 is 0. The molecule has 6 heteroatoms. The molecule has 0 amide bonds. The molecule has 1 aromatic rings. The lowest BCUT2D eigenvalue weighted by molar-refractivity contribution is 0.0526. The van der Waals surface area contributed by atoms with Crippen LogP contribution in [-0.2, 0) is 14.6 Å². The molecular formula is C9H11NO4S. The molecule has 0 spiro atoms. The topological polar surface area (TPSA) is 73.3 Å². The minimum atomic E-state index is -3.39. The zero-order valence-electron chi connectivity index (χ0n) is 8.43. The third-order valence-electron chi connectivity index (χ3n) is 1.63. The molecule has 1 heterocycles. The second kappa shape index (κ2) is 4.39. The average molecular weight is 229 g/mol. The molecule has 0 fully saturated rings. The van der Waals surface area contributed by atoms with Gasteiger partial charge in [0.15, 0.2) is 14.9 Å². The highest BCUT2D eigenvalue weighted by Gasteiger charge is 2.13. The maximum absolute atomic E-state index is 11.3. The Morgan fingerprint density at radius 1 is 1.53 bits per heavy atom. The van der Waals surface area contributed by atoms with Gasteiger partial charge < -0.3 is 4.74 Å². The zero-order valence-corrected chi connectivity index (χ0v) is 9.24. The van der Waals surface area contributed by atoms with Crippen LogP contribution in [-0.4, -0.2) is 32.2 Å². The number of hydrogen-bond acceptors (Lipinski definition) is 5. The van der Waals surface area contributed by atoms with Crippen molar-refractivity contribution in [2.45, 2.75) is 11.9 Å². The van der Waals surface area contributed by atoms with Crippen molar-refractivity contribution in [1.29, 1.82) is 0 Å². The molecule has 0 aromatic carbocycles. The van der Waals surface area contributed by atoms with Crippen LogP contribution in [0.3, 0.4) is 0 Å². The highest BCUT2D eigenvalue weighted by molar-refractivity contribution is 7.90. The Morgan fingerprint density at radius 3 is 2.73 bits per heavy atom. The number of esters is 1. The van der Waals surface area contributed by atoms with Crippen LogP contribution in [0.4, 0.5) is 0 Å². The predicted molar refractivity (Wildman–Crippen MR) is 53.3 cm³/mol. The highest BCUT2D eigenvalue weighted by Crippen LogP contribution is 2.08. The van der Waals surface area contributed by atoms with Gasteiger partial charge in [-0.2, -0.15) is 0 Å². The highest BCUT2D eigenvalue weighted by atomic mass is 32.2. The second-order valence-electron chi connectivity index (χ2n) is 2.88. The van der Waals surface area contributed by atoms with E-state index in [4.69, 9.17) is 4.74 Å². The molecule has 1 aromatic heterocycles. The normalized spacial score (nSPS) is 11.1. The summed E-state index contributed by atoms with van der Waals surface area (Å²) in [6.45, 7) is 1.92. The number of nitrogens with zero attached hydrogens (tertiary/aromatic N) is 1. The number of sulfone groups is 1. The van der Waals surface area contributed by atoms with E-state index in [2.05, 4.69) is 4.98 Å². The number of pyridine rings is 1. The molecule has 0 bridgehead atoms. The minimum absolute atomic E-state index is 0.131. The van der Waals surface area contributed by atoms with Crippen LogP contribution in [0, 0.1) is 0 Å². The molecule has 0 saturated carbocycles. The molecule has 0 aliphatic rings. The summed E-state index contributed by atoms with van der Waals surface area (Å²) in [7, 11) is -3.39. The number of carbonyl (C=O) groups is 1. The van der Waals surface area contributed by atoms with E-state index in [1.807, 2.05) is 0 Å². The van der Waals surface area contributed by atoms with E-state index in [-0.39, 0.29) is 17.2 Å². The largest absolute Gasteiger partial charge is 0.462 e. The fraction of sp³-hybridized carbons (Fsp3) is 0.333. The van der Waals surface area contributed by atoms with Crippen molar-refractivity contribution in [2.24, 2.45) is 0 Å². The molecule has 0 aliphatic heterocycles. The van der Waals surface area contributed by atoms with Crippen molar-refractivity contribution in [2.75, 3.05) is 12.9 Å². The molecule has 82 valence electrons. The molecule has 5 nitrogen and oxygen atoms in total. The van der Waals surface area contributed by atoms with Crippen LogP contribution in [0.25, 0.3) is 0 Å². The Labute approximate surface area is 88.0 Å². The molecular weight excluding hydrogens is 218 g/mol. The van der Waals surface area contributed by atoms with E-state index in [9.17, 15) is 13.2 Å². The van der Waals surface area contributed by atoms with E-state index in [0.717, 1.165) is 6.26 Å². The monoisotopic (exact) mass is 229 g/mol. The molecule has 0 aliphatic carbocycles. The minimum Gasteiger partial charge on any atom is -0.462 e. The van der Waals surface area contributed by atoms with Crippen molar-refractivity contribution in [3.63, 3.8) is 0 Å². The molecule has 0 saturated heterocycles. The van der Waals surface area contributed by atoms with Crippen LogP contribution in [0.1, 0.15) is 17.3 Å². The number of carbonyl (C=O) groups excluding carboxylic acids is 1. The summed E-state index contributed by atoms with van der Waals surface area (Å²) in [6, 6.07) is 2.61. The van der Waals surface area contributed by atoms with E-state index >= 15 is 0 Å². The van der Waals surface area contributed by atoms with Crippen LogP contribution < -0.4 is 0 Å². The van der Waals surface area contributed by atoms with E-state index < -0.39 is 15.8 Å². The van der Waals surface area contributed by atoms with Gasteiger partial charge in [-0.05, 0) is 19.1 Å². The maximum atomic E-state index is 11.3. The molecule has 0 unspecified atom stereocenters. The van der Waals surface area contributed by atoms with E-state index in [1.165, 1.54) is 18.3 Å². The Balaban J connectivity index is 3.09. The number of hydrogen-bond donors (Lipinski definition) is 0.